The minimum atomic E-state index is -0.907. The molecule has 0 unspecified atom stereocenters. The van der Waals surface area contributed by atoms with Crippen molar-refractivity contribution >= 4 is 28.3 Å². The van der Waals surface area contributed by atoms with Gasteiger partial charge in [-0.25, -0.2) is 13.8 Å². The number of rotatable bonds is 2. The Balaban J connectivity index is 2.17. The van der Waals surface area contributed by atoms with Crippen LogP contribution in [0.5, 0.6) is 0 Å². The molecule has 0 amide bonds. The predicted molar refractivity (Wildman–Crippen MR) is 72.2 cm³/mol. The average Bonchev–Trinajstić information content (AvgIpc) is 2.90. The second-order valence-corrected chi connectivity index (χ2v) is 5.67. The second-order valence-electron chi connectivity index (χ2n) is 4.30. The van der Waals surface area contributed by atoms with Gasteiger partial charge in [0.1, 0.15) is 5.52 Å². The van der Waals surface area contributed by atoms with E-state index < -0.39 is 11.6 Å². The van der Waals surface area contributed by atoms with Gasteiger partial charge in [-0.15, -0.1) is 11.3 Å². The molecule has 0 saturated heterocycles. The van der Waals surface area contributed by atoms with Crippen molar-refractivity contribution < 1.29 is 8.78 Å². The largest absolute Gasteiger partial charge is 0.369 e. The van der Waals surface area contributed by atoms with Crippen LogP contribution in [0.2, 0.25) is 0 Å². The fraction of sp³-hybridized carbons (Fsp3) is 0.154. The fourth-order valence-electron chi connectivity index (χ4n) is 2.06. The van der Waals surface area contributed by atoms with Crippen LogP contribution in [0.15, 0.2) is 24.3 Å². The molecule has 1 aromatic carbocycles. The number of thiophene rings is 1. The zero-order chi connectivity index (χ0) is 13.6. The van der Waals surface area contributed by atoms with Gasteiger partial charge in [0.2, 0.25) is 5.95 Å². The Morgan fingerprint density at radius 3 is 2.74 bits per heavy atom. The SMILES string of the molecule is Cc1ccc(Cn2c(N)nc3ccc(F)c(F)c32)s1. The Kier molecular flexibility index (Phi) is 2.74. The number of nitrogen functional groups attached to an aromatic ring is 1. The van der Waals surface area contributed by atoms with Crippen molar-refractivity contribution in [2.75, 3.05) is 5.73 Å². The number of hydrogen-bond acceptors (Lipinski definition) is 3. The van der Waals surface area contributed by atoms with Crippen LogP contribution in [-0.2, 0) is 6.54 Å². The van der Waals surface area contributed by atoms with Gasteiger partial charge in [0.05, 0.1) is 12.1 Å². The van der Waals surface area contributed by atoms with Gasteiger partial charge >= 0.3 is 0 Å². The lowest BCUT2D eigenvalue weighted by atomic mass is 10.3. The van der Waals surface area contributed by atoms with Crippen LogP contribution in [-0.4, -0.2) is 9.55 Å². The van der Waals surface area contributed by atoms with E-state index in [4.69, 9.17) is 5.73 Å². The van der Waals surface area contributed by atoms with E-state index in [9.17, 15) is 8.78 Å². The first-order valence-corrected chi connectivity index (χ1v) is 6.53. The van der Waals surface area contributed by atoms with Crippen molar-refractivity contribution in [1.29, 1.82) is 0 Å². The molecular weight excluding hydrogens is 268 g/mol. The minimum Gasteiger partial charge on any atom is -0.369 e. The predicted octanol–water partition coefficient (Wildman–Crippen LogP) is 3.31. The number of benzene rings is 1. The van der Waals surface area contributed by atoms with Gasteiger partial charge in [0.15, 0.2) is 11.6 Å². The van der Waals surface area contributed by atoms with E-state index in [1.165, 1.54) is 10.6 Å². The van der Waals surface area contributed by atoms with E-state index in [0.717, 1.165) is 15.8 Å². The first-order valence-electron chi connectivity index (χ1n) is 5.71. The van der Waals surface area contributed by atoms with Crippen molar-refractivity contribution in [3.63, 3.8) is 0 Å². The molecule has 0 fully saturated rings. The highest BCUT2D eigenvalue weighted by molar-refractivity contribution is 7.11. The first kappa shape index (κ1) is 12.1. The highest BCUT2D eigenvalue weighted by Gasteiger charge is 2.16. The van der Waals surface area contributed by atoms with Gasteiger partial charge in [-0.2, -0.15) is 0 Å². The molecule has 0 spiro atoms. The molecule has 2 N–H and O–H groups in total. The lowest BCUT2D eigenvalue weighted by Gasteiger charge is -2.05. The Hall–Kier alpha value is -1.95. The number of fused-ring (bicyclic) bond motifs is 1. The van der Waals surface area contributed by atoms with E-state index >= 15 is 0 Å². The van der Waals surface area contributed by atoms with E-state index in [1.54, 1.807) is 11.3 Å². The molecular formula is C13H11F2N3S. The number of nitrogens with zero attached hydrogens (tertiary/aromatic N) is 2. The summed E-state index contributed by atoms with van der Waals surface area (Å²) in [6.07, 6.45) is 0. The van der Waals surface area contributed by atoms with E-state index in [-0.39, 0.29) is 11.5 Å². The maximum absolute atomic E-state index is 13.9. The summed E-state index contributed by atoms with van der Waals surface area (Å²) < 4.78 is 28.7. The van der Waals surface area contributed by atoms with Crippen LogP contribution in [0, 0.1) is 18.6 Å². The molecule has 3 aromatic rings. The van der Waals surface area contributed by atoms with Crippen molar-refractivity contribution in [2.45, 2.75) is 13.5 Å². The maximum atomic E-state index is 13.9. The lowest BCUT2D eigenvalue weighted by molar-refractivity contribution is 0.512. The summed E-state index contributed by atoms with van der Waals surface area (Å²) in [7, 11) is 0. The number of halogens is 2. The standard InChI is InChI=1S/C13H11F2N3S/c1-7-2-3-8(19-7)6-18-12-10(17-13(18)16)5-4-9(14)11(12)15/h2-5H,6H2,1H3,(H2,16,17). The van der Waals surface area contributed by atoms with Gasteiger partial charge in [0, 0.05) is 9.75 Å². The molecule has 2 heterocycles. The lowest BCUT2D eigenvalue weighted by Crippen LogP contribution is -2.04. The first-order chi connectivity index (χ1) is 9.06. The van der Waals surface area contributed by atoms with Crippen LogP contribution in [0.1, 0.15) is 9.75 Å². The van der Waals surface area contributed by atoms with Crippen LogP contribution in [0.25, 0.3) is 11.0 Å². The third-order valence-corrected chi connectivity index (χ3v) is 3.92. The Morgan fingerprint density at radius 1 is 1.26 bits per heavy atom. The molecule has 6 heteroatoms. The van der Waals surface area contributed by atoms with E-state index in [1.807, 2.05) is 19.1 Å². The summed E-state index contributed by atoms with van der Waals surface area (Å²) in [4.78, 5) is 6.23. The van der Waals surface area contributed by atoms with Crippen LogP contribution < -0.4 is 5.73 Å². The van der Waals surface area contributed by atoms with Crippen molar-refractivity contribution in [3.8, 4) is 0 Å². The number of anilines is 1. The molecule has 3 nitrogen and oxygen atoms in total. The molecule has 2 aromatic heterocycles. The third-order valence-electron chi connectivity index (χ3n) is 2.94. The average molecular weight is 279 g/mol. The number of aromatic nitrogens is 2. The Bertz CT molecular complexity index is 761. The number of aryl methyl sites for hydroxylation is 1. The fourth-order valence-corrected chi connectivity index (χ4v) is 2.94. The van der Waals surface area contributed by atoms with Crippen LogP contribution in [0.4, 0.5) is 14.7 Å². The molecule has 0 aliphatic heterocycles. The summed E-state index contributed by atoms with van der Waals surface area (Å²) in [6.45, 7) is 2.38. The summed E-state index contributed by atoms with van der Waals surface area (Å²) in [5.74, 6) is -1.61. The van der Waals surface area contributed by atoms with E-state index in [2.05, 4.69) is 4.98 Å². The number of imidazole rings is 1. The maximum Gasteiger partial charge on any atom is 0.201 e. The summed E-state index contributed by atoms with van der Waals surface area (Å²) in [6, 6.07) is 6.42. The molecule has 19 heavy (non-hydrogen) atoms. The smallest absolute Gasteiger partial charge is 0.201 e. The monoisotopic (exact) mass is 279 g/mol. The van der Waals surface area contributed by atoms with Gasteiger partial charge in [0.25, 0.3) is 0 Å². The minimum absolute atomic E-state index is 0.114. The van der Waals surface area contributed by atoms with Crippen LogP contribution in [0.3, 0.4) is 0 Å². The van der Waals surface area contributed by atoms with Gasteiger partial charge in [-0.05, 0) is 31.2 Å². The summed E-state index contributed by atoms with van der Waals surface area (Å²) >= 11 is 1.59. The van der Waals surface area contributed by atoms with Gasteiger partial charge in [-0.3, -0.25) is 0 Å². The molecule has 0 saturated carbocycles. The van der Waals surface area contributed by atoms with Crippen LogP contribution >= 0.6 is 11.3 Å². The van der Waals surface area contributed by atoms with Crippen molar-refractivity contribution in [1.82, 2.24) is 9.55 Å². The van der Waals surface area contributed by atoms with Crippen molar-refractivity contribution in [3.05, 3.63) is 45.7 Å². The quantitative estimate of drug-likeness (QED) is 0.782. The third kappa shape index (κ3) is 1.98. The normalized spacial score (nSPS) is 11.3. The van der Waals surface area contributed by atoms with Gasteiger partial charge in [-0.1, -0.05) is 0 Å². The van der Waals surface area contributed by atoms with E-state index in [0.29, 0.717) is 12.1 Å². The molecule has 98 valence electrons. The van der Waals surface area contributed by atoms with Gasteiger partial charge < -0.3 is 10.3 Å². The molecule has 0 bridgehead atoms. The molecule has 0 aliphatic carbocycles. The molecule has 0 atom stereocenters. The number of hydrogen-bond donors (Lipinski definition) is 1. The Morgan fingerprint density at radius 2 is 2.05 bits per heavy atom. The molecule has 0 aliphatic rings. The second kappa shape index (κ2) is 4.31. The zero-order valence-corrected chi connectivity index (χ0v) is 11.0. The highest BCUT2D eigenvalue weighted by Crippen LogP contribution is 2.25. The highest BCUT2D eigenvalue weighted by atomic mass is 32.1. The number of nitrogens with two attached hydrogens (primary N) is 1. The summed E-state index contributed by atoms with van der Waals surface area (Å²) in [5.41, 5.74) is 6.27. The molecule has 3 rings (SSSR count). The van der Waals surface area contributed by atoms with Crippen molar-refractivity contribution in [2.24, 2.45) is 0 Å². The summed E-state index contributed by atoms with van der Waals surface area (Å²) in [5, 5.41) is 0. The Labute approximate surface area is 112 Å². The zero-order valence-electron chi connectivity index (χ0n) is 10.2. The topological polar surface area (TPSA) is 43.8 Å². The molecule has 0 radical (unpaired) electrons.